The second kappa shape index (κ2) is 4.09. The summed E-state index contributed by atoms with van der Waals surface area (Å²) in [5, 5.41) is 2.94. The Balaban J connectivity index is 2.06. The average Bonchev–Trinajstić information content (AvgIpc) is 2.90. The van der Waals surface area contributed by atoms with Crippen LogP contribution in [0.5, 0.6) is 0 Å². The molecule has 0 aromatic carbocycles. The van der Waals surface area contributed by atoms with Gasteiger partial charge in [0.1, 0.15) is 5.60 Å². The highest BCUT2D eigenvalue weighted by molar-refractivity contribution is 5.70. The van der Waals surface area contributed by atoms with E-state index in [0.717, 1.165) is 32.1 Å². The fraction of sp³-hybridized carbons (Fsp3) is 0.846. The molecule has 0 bridgehead atoms. The van der Waals surface area contributed by atoms with Crippen LogP contribution in [0.1, 0.15) is 52.9 Å². The second-order valence-corrected chi connectivity index (χ2v) is 6.30. The summed E-state index contributed by atoms with van der Waals surface area (Å²) < 4.78 is 5.28. The van der Waals surface area contributed by atoms with Crippen molar-refractivity contribution in [3.63, 3.8) is 0 Å². The molecule has 2 aliphatic rings. The molecule has 0 aliphatic heterocycles. The number of alkyl carbamates (subject to hydrolysis) is 1. The summed E-state index contributed by atoms with van der Waals surface area (Å²) in [5.74, 6) is 0. The molecule has 18 heavy (non-hydrogen) atoms. The van der Waals surface area contributed by atoms with E-state index in [0.29, 0.717) is 0 Å². The maximum absolute atomic E-state index is 11.9. The standard InChI is InChI=1S/C13H20N2O3/c1-11(2,3)18-10(17)15-13(5-4-6-13)12(7-8-12)14-9-16/h4-8H2,1-3H3,(H,15,17). The van der Waals surface area contributed by atoms with Crippen LogP contribution in [0.3, 0.4) is 0 Å². The minimum atomic E-state index is -0.514. The third-order valence-corrected chi connectivity index (χ3v) is 3.82. The third kappa shape index (κ3) is 2.27. The molecule has 1 N–H and O–H groups in total. The van der Waals surface area contributed by atoms with Crippen molar-refractivity contribution in [3.8, 4) is 0 Å². The Morgan fingerprint density at radius 2 is 1.89 bits per heavy atom. The molecule has 0 atom stereocenters. The van der Waals surface area contributed by atoms with Gasteiger partial charge in [-0.25, -0.2) is 9.59 Å². The molecule has 0 spiro atoms. The first-order valence-electron chi connectivity index (χ1n) is 6.43. The molecular weight excluding hydrogens is 232 g/mol. The van der Waals surface area contributed by atoms with Gasteiger partial charge in [-0.2, -0.15) is 4.99 Å². The topological polar surface area (TPSA) is 67.8 Å². The Morgan fingerprint density at radius 3 is 2.22 bits per heavy atom. The largest absolute Gasteiger partial charge is 0.444 e. The van der Waals surface area contributed by atoms with E-state index in [1.165, 1.54) is 0 Å². The fourth-order valence-corrected chi connectivity index (χ4v) is 2.64. The first-order valence-corrected chi connectivity index (χ1v) is 6.43. The molecule has 2 aliphatic carbocycles. The molecular formula is C13H20N2O3. The van der Waals surface area contributed by atoms with Gasteiger partial charge in [0.15, 0.2) is 0 Å². The molecule has 0 aromatic rings. The van der Waals surface area contributed by atoms with Gasteiger partial charge in [0.05, 0.1) is 11.1 Å². The highest BCUT2D eigenvalue weighted by Crippen LogP contribution is 2.56. The van der Waals surface area contributed by atoms with Crippen molar-refractivity contribution in [3.05, 3.63) is 0 Å². The lowest BCUT2D eigenvalue weighted by Gasteiger charge is -2.46. The van der Waals surface area contributed by atoms with Gasteiger partial charge in [0.25, 0.3) is 0 Å². The zero-order valence-corrected chi connectivity index (χ0v) is 11.2. The van der Waals surface area contributed by atoms with E-state index in [4.69, 9.17) is 4.74 Å². The van der Waals surface area contributed by atoms with Crippen molar-refractivity contribution in [2.24, 2.45) is 4.99 Å². The molecule has 2 rings (SSSR count). The molecule has 0 saturated heterocycles. The molecule has 1 amide bonds. The number of carbonyl (C=O) groups is 1. The van der Waals surface area contributed by atoms with Crippen LogP contribution < -0.4 is 5.32 Å². The minimum Gasteiger partial charge on any atom is -0.444 e. The molecule has 5 nitrogen and oxygen atoms in total. The van der Waals surface area contributed by atoms with Gasteiger partial charge in [-0.1, -0.05) is 0 Å². The number of ether oxygens (including phenoxy) is 1. The zero-order valence-electron chi connectivity index (χ0n) is 11.2. The Hall–Kier alpha value is -1.35. The number of isocyanates is 1. The summed E-state index contributed by atoms with van der Waals surface area (Å²) in [4.78, 5) is 26.3. The smallest absolute Gasteiger partial charge is 0.408 e. The van der Waals surface area contributed by atoms with Crippen LogP contribution in [-0.2, 0) is 9.53 Å². The maximum atomic E-state index is 11.9. The van der Waals surface area contributed by atoms with E-state index in [-0.39, 0.29) is 5.54 Å². The van der Waals surface area contributed by atoms with Crippen molar-refractivity contribution in [2.45, 2.75) is 69.6 Å². The molecule has 5 heteroatoms. The first kappa shape index (κ1) is 13.1. The predicted molar refractivity (Wildman–Crippen MR) is 66.0 cm³/mol. The molecule has 0 heterocycles. The summed E-state index contributed by atoms with van der Waals surface area (Å²) in [6, 6.07) is 0. The number of aliphatic imine (C=N–C) groups is 1. The highest BCUT2D eigenvalue weighted by Gasteiger charge is 2.63. The number of nitrogens with one attached hydrogen (secondary N) is 1. The molecule has 0 aromatic heterocycles. The van der Waals surface area contributed by atoms with E-state index < -0.39 is 17.2 Å². The number of rotatable bonds is 3. The Bertz CT molecular complexity index is 397. The Morgan fingerprint density at radius 1 is 1.28 bits per heavy atom. The van der Waals surface area contributed by atoms with Crippen LogP contribution in [0.4, 0.5) is 4.79 Å². The predicted octanol–water partition coefficient (Wildman–Crippen LogP) is 2.30. The molecule has 2 saturated carbocycles. The van der Waals surface area contributed by atoms with E-state index >= 15 is 0 Å². The summed E-state index contributed by atoms with van der Waals surface area (Å²) in [7, 11) is 0. The van der Waals surface area contributed by atoms with Crippen molar-refractivity contribution in [2.75, 3.05) is 0 Å². The van der Waals surface area contributed by atoms with Gasteiger partial charge in [-0.15, -0.1) is 0 Å². The minimum absolute atomic E-state index is 0.382. The van der Waals surface area contributed by atoms with E-state index in [2.05, 4.69) is 10.3 Å². The first-order chi connectivity index (χ1) is 8.33. The van der Waals surface area contributed by atoms with Gasteiger partial charge in [0, 0.05) is 0 Å². The van der Waals surface area contributed by atoms with Crippen LogP contribution >= 0.6 is 0 Å². The summed E-state index contributed by atoms with van der Waals surface area (Å²) in [6.07, 6.45) is 5.68. The van der Waals surface area contributed by atoms with Crippen LogP contribution in [0, 0.1) is 0 Å². The SMILES string of the molecule is CC(C)(C)OC(=O)NC1(C2(N=C=O)CC2)CCC1. The third-order valence-electron chi connectivity index (χ3n) is 3.82. The number of amides is 1. The number of hydrogen-bond donors (Lipinski definition) is 1. The van der Waals surface area contributed by atoms with Crippen molar-refractivity contribution < 1.29 is 14.3 Å². The van der Waals surface area contributed by atoms with Gasteiger partial charge in [-0.3, -0.25) is 0 Å². The number of carbonyl (C=O) groups excluding carboxylic acids is 2. The van der Waals surface area contributed by atoms with Crippen molar-refractivity contribution in [1.29, 1.82) is 0 Å². The van der Waals surface area contributed by atoms with Gasteiger partial charge in [-0.05, 0) is 52.9 Å². The van der Waals surface area contributed by atoms with Crippen molar-refractivity contribution >= 4 is 12.2 Å². The normalized spacial score (nSPS) is 23.3. The Labute approximate surface area is 107 Å². The lowest BCUT2D eigenvalue weighted by Crippen LogP contribution is -2.62. The monoisotopic (exact) mass is 252 g/mol. The van der Waals surface area contributed by atoms with E-state index in [1.54, 1.807) is 6.08 Å². The molecule has 0 unspecified atom stereocenters. The zero-order chi connectivity index (χ0) is 13.4. The molecule has 100 valence electrons. The van der Waals surface area contributed by atoms with Crippen LogP contribution in [0.25, 0.3) is 0 Å². The Kier molecular flexibility index (Phi) is 2.98. The number of nitrogens with zero attached hydrogens (tertiary/aromatic N) is 1. The van der Waals surface area contributed by atoms with Gasteiger partial charge < -0.3 is 10.1 Å². The summed E-state index contributed by atoms with van der Waals surface area (Å²) in [5.41, 5.74) is -1.31. The van der Waals surface area contributed by atoms with E-state index in [1.807, 2.05) is 20.8 Å². The van der Waals surface area contributed by atoms with Crippen LogP contribution in [-0.4, -0.2) is 28.9 Å². The summed E-state index contributed by atoms with van der Waals surface area (Å²) >= 11 is 0. The summed E-state index contributed by atoms with van der Waals surface area (Å²) in [6.45, 7) is 5.49. The lowest BCUT2D eigenvalue weighted by atomic mass is 9.70. The highest BCUT2D eigenvalue weighted by atomic mass is 16.6. The lowest BCUT2D eigenvalue weighted by molar-refractivity contribution is 0.0324. The van der Waals surface area contributed by atoms with Crippen LogP contribution in [0.15, 0.2) is 4.99 Å². The molecule has 2 fully saturated rings. The van der Waals surface area contributed by atoms with E-state index in [9.17, 15) is 9.59 Å². The maximum Gasteiger partial charge on any atom is 0.408 e. The van der Waals surface area contributed by atoms with Crippen LogP contribution in [0.2, 0.25) is 0 Å². The van der Waals surface area contributed by atoms with Gasteiger partial charge in [0.2, 0.25) is 6.08 Å². The fourth-order valence-electron chi connectivity index (χ4n) is 2.64. The average molecular weight is 252 g/mol. The van der Waals surface area contributed by atoms with Crippen molar-refractivity contribution in [1.82, 2.24) is 5.32 Å². The van der Waals surface area contributed by atoms with Gasteiger partial charge >= 0.3 is 6.09 Å². The second-order valence-electron chi connectivity index (χ2n) is 6.30. The molecule has 0 radical (unpaired) electrons. The number of hydrogen-bond acceptors (Lipinski definition) is 4. The quantitative estimate of drug-likeness (QED) is 0.619.